The number of ketones is 1. The Kier molecular flexibility index (Phi) is 8.99. The maximum atomic E-state index is 13.4. The first-order valence-corrected chi connectivity index (χ1v) is 11.3. The highest BCUT2D eigenvalue weighted by molar-refractivity contribution is 6.07. The van der Waals surface area contributed by atoms with Crippen molar-refractivity contribution in [3.8, 4) is 0 Å². The summed E-state index contributed by atoms with van der Waals surface area (Å²) in [4.78, 5) is 39.9. The third kappa shape index (κ3) is 6.50. The van der Waals surface area contributed by atoms with Gasteiger partial charge in [-0.15, -0.1) is 0 Å². The fourth-order valence-corrected chi connectivity index (χ4v) is 3.90. The van der Waals surface area contributed by atoms with Crippen molar-refractivity contribution < 1.29 is 23.9 Å². The minimum atomic E-state index is -0.902. The number of rotatable bonds is 12. The van der Waals surface area contributed by atoms with E-state index in [9.17, 15) is 14.4 Å². The predicted molar refractivity (Wildman–Crippen MR) is 121 cm³/mol. The topological polar surface area (TPSA) is 72.9 Å². The van der Waals surface area contributed by atoms with Crippen LogP contribution < -0.4 is 0 Å². The van der Waals surface area contributed by atoms with Crippen LogP contribution in [0.1, 0.15) is 43.7 Å². The average Bonchev–Trinajstić information content (AvgIpc) is 3.17. The second-order valence-electron chi connectivity index (χ2n) is 8.12. The van der Waals surface area contributed by atoms with Gasteiger partial charge in [0.25, 0.3) is 0 Å². The van der Waals surface area contributed by atoms with Gasteiger partial charge in [0.05, 0.1) is 18.6 Å². The highest BCUT2D eigenvalue weighted by Gasteiger charge is 2.42. The summed E-state index contributed by atoms with van der Waals surface area (Å²) in [6.07, 6.45) is 2.86. The SMILES string of the molecule is CCCCC[C@H](C(=O)COCc1ccccc1)C(=O)N1C(=O)OC[C@@H]1Cc1ccccc1. The molecular formula is C26H31NO5. The maximum absolute atomic E-state index is 13.4. The van der Waals surface area contributed by atoms with E-state index in [-0.39, 0.29) is 19.0 Å². The molecule has 0 aliphatic carbocycles. The van der Waals surface area contributed by atoms with Gasteiger partial charge >= 0.3 is 6.09 Å². The molecule has 6 heteroatoms. The summed E-state index contributed by atoms with van der Waals surface area (Å²) >= 11 is 0. The Morgan fingerprint density at radius 1 is 1.03 bits per heavy atom. The lowest BCUT2D eigenvalue weighted by atomic mass is 9.94. The Labute approximate surface area is 189 Å². The Balaban J connectivity index is 1.67. The van der Waals surface area contributed by atoms with Gasteiger partial charge in [0.2, 0.25) is 5.91 Å². The number of ether oxygens (including phenoxy) is 2. The first kappa shape index (κ1) is 23.7. The number of carbonyl (C=O) groups is 3. The molecule has 2 amide bonds. The first-order valence-electron chi connectivity index (χ1n) is 11.3. The summed E-state index contributed by atoms with van der Waals surface area (Å²) in [5.74, 6) is -1.67. The van der Waals surface area contributed by atoms with Crippen LogP contribution in [0.4, 0.5) is 4.79 Å². The van der Waals surface area contributed by atoms with Crippen molar-refractivity contribution in [1.29, 1.82) is 0 Å². The lowest BCUT2D eigenvalue weighted by molar-refractivity contribution is -0.142. The van der Waals surface area contributed by atoms with E-state index in [1.54, 1.807) is 0 Å². The van der Waals surface area contributed by atoms with Crippen LogP contribution in [0.3, 0.4) is 0 Å². The number of carbonyl (C=O) groups excluding carboxylic acids is 3. The number of unbranched alkanes of at least 4 members (excludes halogenated alkanes) is 2. The molecule has 0 N–H and O–H groups in total. The molecular weight excluding hydrogens is 406 g/mol. The molecule has 0 spiro atoms. The molecule has 0 aromatic heterocycles. The molecule has 1 aliphatic rings. The zero-order valence-corrected chi connectivity index (χ0v) is 18.6. The average molecular weight is 438 g/mol. The first-order chi connectivity index (χ1) is 15.6. The molecule has 6 nitrogen and oxygen atoms in total. The molecule has 3 rings (SSSR count). The van der Waals surface area contributed by atoms with E-state index in [4.69, 9.17) is 9.47 Å². The lowest BCUT2D eigenvalue weighted by Gasteiger charge is -2.24. The second kappa shape index (κ2) is 12.2. The Morgan fingerprint density at radius 2 is 1.69 bits per heavy atom. The zero-order valence-electron chi connectivity index (χ0n) is 18.6. The third-order valence-electron chi connectivity index (χ3n) is 5.65. The molecule has 2 atom stereocenters. The zero-order chi connectivity index (χ0) is 22.8. The van der Waals surface area contributed by atoms with Crippen molar-refractivity contribution in [3.05, 3.63) is 71.8 Å². The maximum Gasteiger partial charge on any atom is 0.417 e. The third-order valence-corrected chi connectivity index (χ3v) is 5.65. The van der Waals surface area contributed by atoms with E-state index in [2.05, 4.69) is 6.92 Å². The largest absolute Gasteiger partial charge is 0.447 e. The summed E-state index contributed by atoms with van der Waals surface area (Å²) in [6.45, 7) is 2.34. The molecule has 0 unspecified atom stereocenters. The van der Waals surface area contributed by atoms with Gasteiger partial charge in [0.15, 0.2) is 5.78 Å². The number of amides is 2. The van der Waals surface area contributed by atoms with Crippen LogP contribution in [-0.4, -0.2) is 41.9 Å². The fraction of sp³-hybridized carbons (Fsp3) is 0.423. The normalized spacial score (nSPS) is 16.6. The number of benzene rings is 2. The van der Waals surface area contributed by atoms with Gasteiger partial charge in [0.1, 0.15) is 13.2 Å². The Bertz CT molecular complexity index is 884. The van der Waals surface area contributed by atoms with Crippen LogP contribution in [0.25, 0.3) is 0 Å². The second-order valence-corrected chi connectivity index (χ2v) is 8.12. The van der Waals surface area contributed by atoms with Gasteiger partial charge in [-0.1, -0.05) is 86.8 Å². The monoisotopic (exact) mass is 437 g/mol. The summed E-state index contributed by atoms with van der Waals surface area (Å²) in [5, 5.41) is 0. The summed E-state index contributed by atoms with van der Waals surface area (Å²) in [7, 11) is 0. The minimum absolute atomic E-state index is 0.139. The van der Waals surface area contributed by atoms with Crippen molar-refractivity contribution in [1.82, 2.24) is 4.90 Å². The minimum Gasteiger partial charge on any atom is -0.447 e. The molecule has 32 heavy (non-hydrogen) atoms. The summed E-state index contributed by atoms with van der Waals surface area (Å²) < 4.78 is 10.8. The van der Waals surface area contributed by atoms with Crippen molar-refractivity contribution in [3.63, 3.8) is 0 Å². The van der Waals surface area contributed by atoms with E-state index in [1.165, 1.54) is 0 Å². The number of hydrogen-bond acceptors (Lipinski definition) is 5. The van der Waals surface area contributed by atoms with Crippen molar-refractivity contribution in [2.24, 2.45) is 5.92 Å². The Hall–Kier alpha value is -2.99. The van der Waals surface area contributed by atoms with Crippen LogP contribution in [-0.2, 0) is 32.1 Å². The van der Waals surface area contributed by atoms with E-state index in [0.29, 0.717) is 19.4 Å². The number of Topliss-reactive ketones (excluding diaryl/α,β-unsaturated/α-hetero) is 1. The van der Waals surface area contributed by atoms with Crippen molar-refractivity contribution in [2.75, 3.05) is 13.2 Å². The van der Waals surface area contributed by atoms with Gasteiger partial charge in [-0.05, 0) is 24.0 Å². The number of cyclic esters (lactones) is 1. The molecule has 1 aliphatic heterocycles. The van der Waals surface area contributed by atoms with Gasteiger partial charge in [-0.2, -0.15) is 0 Å². The number of nitrogens with zero attached hydrogens (tertiary/aromatic N) is 1. The van der Waals surface area contributed by atoms with Crippen LogP contribution in [0.2, 0.25) is 0 Å². The smallest absolute Gasteiger partial charge is 0.417 e. The van der Waals surface area contributed by atoms with Crippen LogP contribution in [0, 0.1) is 5.92 Å². The van der Waals surface area contributed by atoms with Gasteiger partial charge < -0.3 is 9.47 Å². The summed E-state index contributed by atoms with van der Waals surface area (Å²) in [5.41, 5.74) is 1.97. The van der Waals surface area contributed by atoms with Crippen molar-refractivity contribution in [2.45, 2.75) is 51.7 Å². The highest BCUT2D eigenvalue weighted by Crippen LogP contribution is 2.23. The fourth-order valence-electron chi connectivity index (χ4n) is 3.90. The van der Waals surface area contributed by atoms with E-state index in [0.717, 1.165) is 35.3 Å². The van der Waals surface area contributed by atoms with Gasteiger partial charge in [-0.3, -0.25) is 9.59 Å². The van der Waals surface area contributed by atoms with Gasteiger partial charge in [0, 0.05) is 0 Å². The summed E-state index contributed by atoms with van der Waals surface area (Å²) in [6, 6.07) is 18.8. The highest BCUT2D eigenvalue weighted by atomic mass is 16.6. The van der Waals surface area contributed by atoms with E-state index in [1.807, 2.05) is 60.7 Å². The molecule has 2 aromatic rings. The van der Waals surface area contributed by atoms with Crippen molar-refractivity contribution >= 4 is 17.8 Å². The standard InChI is InChI=1S/C26H31NO5/c1-2-3-6-15-23(24(28)19-31-17-21-13-9-5-10-14-21)25(29)27-22(18-32-26(27)30)16-20-11-7-4-8-12-20/h4-5,7-14,22-23H,2-3,6,15-19H2,1H3/t22-,23+/m0/s1. The van der Waals surface area contributed by atoms with Crippen LogP contribution >= 0.6 is 0 Å². The number of hydrogen-bond donors (Lipinski definition) is 0. The molecule has 0 bridgehead atoms. The van der Waals surface area contributed by atoms with E-state index < -0.39 is 24.0 Å². The molecule has 1 saturated heterocycles. The molecule has 0 radical (unpaired) electrons. The van der Waals surface area contributed by atoms with Gasteiger partial charge in [-0.25, -0.2) is 9.69 Å². The molecule has 2 aromatic carbocycles. The molecule has 170 valence electrons. The number of imide groups is 1. The van der Waals surface area contributed by atoms with Crippen LogP contribution in [0.15, 0.2) is 60.7 Å². The lowest BCUT2D eigenvalue weighted by Crippen LogP contribution is -2.46. The molecule has 0 saturated carbocycles. The predicted octanol–water partition coefficient (Wildman–Crippen LogP) is 4.56. The molecule has 1 fully saturated rings. The van der Waals surface area contributed by atoms with Crippen LogP contribution in [0.5, 0.6) is 0 Å². The van der Waals surface area contributed by atoms with E-state index >= 15 is 0 Å². The molecule has 1 heterocycles. The quantitative estimate of drug-likeness (QED) is 0.360. The Morgan fingerprint density at radius 3 is 2.34 bits per heavy atom.